The number of hydrogen-bond donors (Lipinski definition) is 1. The summed E-state index contributed by atoms with van der Waals surface area (Å²) >= 11 is 6.00. The summed E-state index contributed by atoms with van der Waals surface area (Å²) in [5.74, 6) is -0.180. The number of hydrogen-bond acceptors (Lipinski definition) is 4. The number of nitrogens with zero attached hydrogens (tertiary/aromatic N) is 2. The first-order chi connectivity index (χ1) is 15.8. The number of carbonyl (C=O) groups excluding carboxylic acids is 1. The summed E-state index contributed by atoms with van der Waals surface area (Å²) in [5.41, 5.74) is 3.21. The molecular formula is C25H26ClN3O3S. The maximum Gasteiger partial charge on any atom is 0.255 e. The SMILES string of the molecule is Cc1cc(Cl)ccc1NC(=O)c1cccc(CN2CCN(S(=O)(=O)c3ccccc3)CC2)c1. The molecule has 0 unspecified atom stereocenters. The molecule has 0 aromatic heterocycles. The van der Waals surface area contributed by atoms with Gasteiger partial charge in [0, 0.05) is 49.0 Å². The molecule has 1 fully saturated rings. The number of halogens is 1. The van der Waals surface area contributed by atoms with Crippen molar-refractivity contribution in [2.75, 3.05) is 31.5 Å². The molecule has 1 heterocycles. The van der Waals surface area contributed by atoms with Crippen molar-refractivity contribution in [3.05, 3.63) is 94.5 Å². The number of amides is 1. The molecule has 1 amide bonds. The second-order valence-electron chi connectivity index (χ2n) is 8.11. The van der Waals surface area contributed by atoms with Crippen LogP contribution in [0.25, 0.3) is 0 Å². The van der Waals surface area contributed by atoms with Gasteiger partial charge in [-0.15, -0.1) is 0 Å². The van der Waals surface area contributed by atoms with Crippen LogP contribution in [0.1, 0.15) is 21.5 Å². The fraction of sp³-hybridized carbons (Fsp3) is 0.240. The van der Waals surface area contributed by atoms with E-state index in [0.29, 0.717) is 48.2 Å². The van der Waals surface area contributed by atoms with Crippen LogP contribution in [0.3, 0.4) is 0 Å². The van der Waals surface area contributed by atoms with Crippen LogP contribution in [-0.2, 0) is 16.6 Å². The van der Waals surface area contributed by atoms with Gasteiger partial charge in [-0.05, 0) is 60.5 Å². The lowest BCUT2D eigenvalue weighted by Gasteiger charge is -2.34. The predicted molar refractivity (Wildman–Crippen MR) is 131 cm³/mol. The van der Waals surface area contributed by atoms with Gasteiger partial charge in [0.1, 0.15) is 0 Å². The number of aryl methyl sites for hydroxylation is 1. The highest BCUT2D eigenvalue weighted by Crippen LogP contribution is 2.21. The molecule has 0 bridgehead atoms. The number of nitrogens with one attached hydrogen (secondary N) is 1. The van der Waals surface area contributed by atoms with Crippen LogP contribution in [-0.4, -0.2) is 49.7 Å². The van der Waals surface area contributed by atoms with E-state index in [0.717, 1.165) is 16.8 Å². The van der Waals surface area contributed by atoms with Gasteiger partial charge in [0.2, 0.25) is 10.0 Å². The van der Waals surface area contributed by atoms with Crippen molar-refractivity contribution in [1.29, 1.82) is 0 Å². The molecular weight excluding hydrogens is 458 g/mol. The summed E-state index contributed by atoms with van der Waals surface area (Å²) in [4.78, 5) is 15.3. The van der Waals surface area contributed by atoms with Gasteiger partial charge in [-0.1, -0.05) is 41.9 Å². The van der Waals surface area contributed by atoms with Crippen LogP contribution < -0.4 is 5.32 Å². The summed E-state index contributed by atoms with van der Waals surface area (Å²) in [6, 6.07) is 21.4. The van der Waals surface area contributed by atoms with Crippen molar-refractivity contribution >= 4 is 33.2 Å². The zero-order valence-corrected chi connectivity index (χ0v) is 19.9. The Morgan fingerprint density at radius 2 is 1.67 bits per heavy atom. The Labute approximate surface area is 199 Å². The average Bonchev–Trinajstić information content (AvgIpc) is 2.82. The molecule has 4 rings (SSSR count). The van der Waals surface area contributed by atoms with E-state index in [2.05, 4.69) is 10.2 Å². The Kier molecular flexibility index (Phi) is 7.14. The van der Waals surface area contributed by atoms with Crippen LogP contribution in [0.15, 0.2) is 77.7 Å². The van der Waals surface area contributed by atoms with E-state index in [9.17, 15) is 13.2 Å². The predicted octanol–water partition coefficient (Wildman–Crippen LogP) is 4.41. The number of piperazine rings is 1. The first-order valence-electron chi connectivity index (χ1n) is 10.8. The standard InChI is InChI=1S/C25H26ClN3O3S/c1-19-16-22(26)10-11-24(19)27-25(30)21-7-5-6-20(17-21)18-28-12-14-29(15-13-28)33(31,32)23-8-3-2-4-9-23/h2-11,16-17H,12-15,18H2,1H3,(H,27,30). The Bertz CT molecular complexity index is 1240. The molecule has 0 atom stereocenters. The summed E-state index contributed by atoms with van der Waals surface area (Å²) in [5, 5.41) is 3.57. The van der Waals surface area contributed by atoms with E-state index in [1.807, 2.05) is 37.3 Å². The first kappa shape index (κ1) is 23.4. The summed E-state index contributed by atoms with van der Waals surface area (Å²) < 4.78 is 27.2. The number of carbonyl (C=O) groups is 1. The third-order valence-electron chi connectivity index (χ3n) is 5.74. The van der Waals surface area contributed by atoms with E-state index >= 15 is 0 Å². The maximum atomic E-state index is 12.8. The normalized spacial score (nSPS) is 15.3. The smallest absolute Gasteiger partial charge is 0.255 e. The third kappa shape index (κ3) is 5.62. The molecule has 1 aliphatic heterocycles. The molecule has 0 aliphatic carbocycles. The lowest BCUT2D eigenvalue weighted by Crippen LogP contribution is -2.48. The van der Waals surface area contributed by atoms with E-state index in [4.69, 9.17) is 11.6 Å². The molecule has 172 valence electrons. The quantitative estimate of drug-likeness (QED) is 0.564. The molecule has 3 aromatic rings. The number of rotatable bonds is 6. The Morgan fingerprint density at radius 3 is 2.36 bits per heavy atom. The zero-order chi connectivity index (χ0) is 23.4. The summed E-state index contributed by atoms with van der Waals surface area (Å²) in [6.45, 7) is 4.69. The van der Waals surface area contributed by atoms with Gasteiger partial charge in [0.05, 0.1) is 4.90 Å². The molecule has 1 saturated heterocycles. The van der Waals surface area contributed by atoms with Crippen LogP contribution in [0.5, 0.6) is 0 Å². The molecule has 33 heavy (non-hydrogen) atoms. The lowest BCUT2D eigenvalue weighted by atomic mass is 10.1. The Balaban J connectivity index is 1.37. The zero-order valence-electron chi connectivity index (χ0n) is 18.4. The molecule has 1 N–H and O–H groups in total. The van der Waals surface area contributed by atoms with E-state index in [1.54, 1.807) is 42.5 Å². The number of benzene rings is 3. The molecule has 3 aromatic carbocycles. The summed E-state index contributed by atoms with van der Waals surface area (Å²) in [6.07, 6.45) is 0. The van der Waals surface area contributed by atoms with Crippen LogP contribution >= 0.6 is 11.6 Å². The molecule has 6 nitrogen and oxygen atoms in total. The average molecular weight is 484 g/mol. The number of sulfonamides is 1. The van der Waals surface area contributed by atoms with E-state index in [1.165, 1.54) is 4.31 Å². The van der Waals surface area contributed by atoms with Gasteiger partial charge in [-0.25, -0.2) is 8.42 Å². The summed E-state index contributed by atoms with van der Waals surface area (Å²) in [7, 11) is -3.47. The monoisotopic (exact) mass is 483 g/mol. The van der Waals surface area contributed by atoms with Crippen molar-refractivity contribution < 1.29 is 13.2 Å². The van der Waals surface area contributed by atoms with Crippen molar-refractivity contribution in [2.45, 2.75) is 18.4 Å². The van der Waals surface area contributed by atoms with Crippen LogP contribution in [0.4, 0.5) is 5.69 Å². The lowest BCUT2D eigenvalue weighted by molar-refractivity contribution is 0.102. The third-order valence-corrected chi connectivity index (χ3v) is 7.89. The van der Waals surface area contributed by atoms with Crippen LogP contribution in [0.2, 0.25) is 5.02 Å². The minimum Gasteiger partial charge on any atom is -0.322 e. The highest BCUT2D eigenvalue weighted by atomic mass is 35.5. The van der Waals surface area contributed by atoms with Crippen molar-refractivity contribution in [3.63, 3.8) is 0 Å². The fourth-order valence-corrected chi connectivity index (χ4v) is 5.57. The van der Waals surface area contributed by atoms with Gasteiger partial charge in [0.15, 0.2) is 0 Å². The topological polar surface area (TPSA) is 69.7 Å². The largest absolute Gasteiger partial charge is 0.322 e. The maximum absolute atomic E-state index is 12.8. The van der Waals surface area contributed by atoms with E-state index in [-0.39, 0.29) is 5.91 Å². The Hall–Kier alpha value is -2.71. The molecule has 8 heteroatoms. The fourth-order valence-electron chi connectivity index (χ4n) is 3.90. The second-order valence-corrected chi connectivity index (χ2v) is 10.5. The van der Waals surface area contributed by atoms with Gasteiger partial charge in [-0.2, -0.15) is 4.31 Å². The van der Waals surface area contributed by atoms with Crippen molar-refractivity contribution in [1.82, 2.24) is 9.21 Å². The van der Waals surface area contributed by atoms with Crippen molar-refractivity contribution in [2.24, 2.45) is 0 Å². The van der Waals surface area contributed by atoms with Crippen molar-refractivity contribution in [3.8, 4) is 0 Å². The Morgan fingerprint density at radius 1 is 0.939 bits per heavy atom. The molecule has 0 saturated carbocycles. The first-order valence-corrected chi connectivity index (χ1v) is 12.6. The van der Waals surface area contributed by atoms with Gasteiger partial charge in [-0.3, -0.25) is 9.69 Å². The second kappa shape index (κ2) is 10.1. The van der Waals surface area contributed by atoms with Gasteiger partial charge in [0.25, 0.3) is 5.91 Å². The van der Waals surface area contributed by atoms with Gasteiger partial charge < -0.3 is 5.32 Å². The van der Waals surface area contributed by atoms with E-state index < -0.39 is 10.0 Å². The highest BCUT2D eigenvalue weighted by Gasteiger charge is 2.28. The van der Waals surface area contributed by atoms with Gasteiger partial charge >= 0.3 is 0 Å². The molecule has 1 aliphatic rings. The minimum atomic E-state index is -3.47. The minimum absolute atomic E-state index is 0.180. The molecule has 0 radical (unpaired) electrons. The van der Waals surface area contributed by atoms with Crippen LogP contribution in [0, 0.1) is 6.92 Å². The number of anilines is 1. The molecule has 0 spiro atoms. The highest BCUT2D eigenvalue weighted by molar-refractivity contribution is 7.89.